The van der Waals surface area contributed by atoms with Crippen molar-refractivity contribution in [3.8, 4) is 0 Å². The SMILES string of the molecule is Cc1csc(C(Cc2ccccc2N)N(C)C=O)c1. The second kappa shape index (κ2) is 5.89. The van der Waals surface area contributed by atoms with Crippen LogP contribution in [0, 0.1) is 6.92 Å². The number of thiophene rings is 1. The Labute approximate surface area is 117 Å². The van der Waals surface area contributed by atoms with Crippen LogP contribution in [0.15, 0.2) is 35.7 Å². The van der Waals surface area contributed by atoms with Crippen LogP contribution in [0.4, 0.5) is 5.69 Å². The molecule has 0 fully saturated rings. The lowest BCUT2D eigenvalue weighted by Crippen LogP contribution is -2.24. The summed E-state index contributed by atoms with van der Waals surface area (Å²) in [7, 11) is 1.81. The number of anilines is 1. The maximum atomic E-state index is 11.1. The molecule has 100 valence electrons. The van der Waals surface area contributed by atoms with E-state index in [9.17, 15) is 4.79 Å². The highest BCUT2D eigenvalue weighted by atomic mass is 32.1. The summed E-state index contributed by atoms with van der Waals surface area (Å²) in [6.07, 6.45) is 1.61. The number of amides is 1. The van der Waals surface area contributed by atoms with Crippen LogP contribution in [0.25, 0.3) is 0 Å². The normalized spacial score (nSPS) is 12.1. The number of nitrogen functional groups attached to an aromatic ring is 1. The van der Waals surface area contributed by atoms with Crippen LogP contribution in [-0.4, -0.2) is 18.4 Å². The van der Waals surface area contributed by atoms with Crippen molar-refractivity contribution < 1.29 is 4.79 Å². The zero-order chi connectivity index (χ0) is 13.8. The topological polar surface area (TPSA) is 46.3 Å². The Morgan fingerprint density at radius 3 is 2.74 bits per heavy atom. The van der Waals surface area contributed by atoms with E-state index in [2.05, 4.69) is 18.4 Å². The zero-order valence-electron chi connectivity index (χ0n) is 11.2. The molecule has 3 nitrogen and oxygen atoms in total. The van der Waals surface area contributed by atoms with Gasteiger partial charge in [0.1, 0.15) is 0 Å². The van der Waals surface area contributed by atoms with Gasteiger partial charge in [-0.25, -0.2) is 0 Å². The Bertz CT molecular complexity index is 565. The molecule has 0 saturated heterocycles. The molecule has 0 aliphatic heterocycles. The first kappa shape index (κ1) is 13.6. The van der Waals surface area contributed by atoms with Crippen LogP contribution in [0.3, 0.4) is 0 Å². The fourth-order valence-corrected chi connectivity index (χ4v) is 3.13. The molecule has 1 amide bonds. The average molecular weight is 274 g/mol. The number of nitrogens with two attached hydrogens (primary N) is 1. The van der Waals surface area contributed by atoms with Gasteiger partial charge in [-0.3, -0.25) is 4.79 Å². The fraction of sp³-hybridized carbons (Fsp3) is 0.267. The molecule has 1 atom stereocenters. The molecule has 0 saturated carbocycles. The summed E-state index contributed by atoms with van der Waals surface area (Å²) < 4.78 is 0. The largest absolute Gasteiger partial charge is 0.399 e. The van der Waals surface area contributed by atoms with Gasteiger partial charge in [0.15, 0.2) is 0 Å². The monoisotopic (exact) mass is 274 g/mol. The quantitative estimate of drug-likeness (QED) is 0.673. The van der Waals surface area contributed by atoms with E-state index in [1.54, 1.807) is 16.2 Å². The number of nitrogens with zero attached hydrogens (tertiary/aromatic N) is 1. The van der Waals surface area contributed by atoms with Crippen molar-refractivity contribution in [2.75, 3.05) is 12.8 Å². The van der Waals surface area contributed by atoms with Crippen molar-refractivity contribution in [2.24, 2.45) is 0 Å². The molecular formula is C15H18N2OS. The summed E-state index contributed by atoms with van der Waals surface area (Å²) in [6.45, 7) is 2.06. The van der Waals surface area contributed by atoms with Crippen molar-refractivity contribution in [1.29, 1.82) is 0 Å². The van der Waals surface area contributed by atoms with Gasteiger partial charge in [0.05, 0.1) is 6.04 Å². The summed E-state index contributed by atoms with van der Waals surface area (Å²) >= 11 is 1.69. The third-order valence-electron chi connectivity index (χ3n) is 3.21. The maximum absolute atomic E-state index is 11.1. The second-order valence-electron chi connectivity index (χ2n) is 4.72. The van der Waals surface area contributed by atoms with Crippen LogP contribution in [0.1, 0.15) is 22.0 Å². The molecule has 1 unspecified atom stereocenters. The lowest BCUT2D eigenvalue weighted by molar-refractivity contribution is -0.118. The van der Waals surface area contributed by atoms with Gasteiger partial charge >= 0.3 is 0 Å². The Kier molecular flexibility index (Phi) is 4.22. The van der Waals surface area contributed by atoms with Gasteiger partial charge < -0.3 is 10.6 Å². The predicted octanol–water partition coefficient (Wildman–Crippen LogP) is 3.01. The highest BCUT2D eigenvalue weighted by Gasteiger charge is 2.19. The van der Waals surface area contributed by atoms with E-state index in [0.717, 1.165) is 24.1 Å². The molecule has 2 rings (SSSR count). The first-order chi connectivity index (χ1) is 9.11. The Morgan fingerprint density at radius 1 is 1.42 bits per heavy atom. The van der Waals surface area contributed by atoms with Crippen LogP contribution >= 0.6 is 11.3 Å². The van der Waals surface area contributed by atoms with Crippen LogP contribution in [-0.2, 0) is 11.2 Å². The molecule has 0 aliphatic rings. The molecule has 0 aliphatic carbocycles. The standard InChI is InChI=1S/C15H18N2OS/c1-11-7-15(19-9-11)14(17(2)10-18)8-12-5-3-4-6-13(12)16/h3-7,9-10,14H,8,16H2,1-2H3. The van der Waals surface area contributed by atoms with Crippen LogP contribution < -0.4 is 5.73 Å². The Morgan fingerprint density at radius 2 is 2.16 bits per heavy atom. The summed E-state index contributed by atoms with van der Waals surface area (Å²) in [5.41, 5.74) is 9.07. The lowest BCUT2D eigenvalue weighted by Gasteiger charge is -2.24. The van der Waals surface area contributed by atoms with E-state index in [1.165, 1.54) is 10.4 Å². The van der Waals surface area contributed by atoms with Crippen molar-refractivity contribution in [1.82, 2.24) is 4.90 Å². The summed E-state index contributed by atoms with van der Waals surface area (Å²) in [5.74, 6) is 0. The molecule has 2 aromatic rings. The van der Waals surface area contributed by atoms with Gasteiger partial charge in [-0.05, 0) is 42.0 Å². The molecule has 1 heterocycles. The lowest BCUT2D eigenvalue weighted by atomic mass is 10.0. The van der Waals surface area contributed by atoms with E-state index >= 15 is 0 Å². The molecule has 1 aromatic heterocycles. The number of carbonyl (C=O) groups is 1. The van der Waals surface area contributed by atoms with E-state index in [-0.39, 0.29) is 6.04 Å². The maximum Gasteiger partial charge on any atom is 0.209 e. The van der Waals surface area contributed by atoms with E-state index in [0.29, 0.717) is 0 Å². The molecule has 2 N–H and O–H groups in total. The van der Waals surface area contributed by atoms with E-state index in [4.69, 9.17) is 5.73 Å². The summed E-state index contributed by atoms with van der Waals surface area (Å²) in [6, 6.07) is 9.99. The number of hydrogen-bond acceptors (Lipinski definition) is 3. The predicted molar refractivity (Wildman–Crippen MR) is 80.2 cm³/mol. The number of para-hydroxylation sites is 1. The molecule has 4 heteroatoms. The average Bonchev–Trinajstić information content (AvgIpc) is 2.83. The van der Waals surface area contributed by atoms with Crippen molar-refractivity contribution in [2.45, 2.75) is 19.4 Å². The molecule has 19 heavy (non-hydrogen) atoms. The summed E-state index contributed by atoms with van der Waals surface area (Å²) in [4.78, 5) is 14.0. The number of carbonyl (C=O) groups excluding carboxylic acids is 1. The highest BCUT2D eigenvalue weighted by molar-refractivity contribution is 7.10. The second-order valence-corrected chi connectivity index (χ2v) is 5.66. The van der Waals surface area contributed by atoms with E-state index in [1.807, 2.05) is 31.3 Å². The molecule has 0 bridgehead atoms. The van der Waals surface area contributed by atoms with Gasteiger partial charge in [-0.1, -0.05) is 18.2 Å². The number of aryl methyl sites for hydroxylation is 1. The minimum Gasteiger partial charge on any atom is -0.399 e. The Hall–Kier alpha value is -1.81. The van der Waals surface area contributed by atoms with Crippen molar-refractivity contribution in [3.63, 3.8) is 0 Å². The zero-order valence-corrected chi connectivity index (χ0v) is 12.0. The molecular weight excluding hydrogens is 256 g/mol. The van der Waals surface area contributed by atoms with Crippen molar-refractivity contribution >= 4 is 23.4 Å². The van der Waals surface area contributed by atoms with Crippen molar-refractivity contribution in [3.05, 3.63) is 51.7 Å². The van der Waals surface area contributed by atoms with Gasteiger partial charge in [-0.15, -0.1) is 11.3 Å². The minimum atomic E-state index is 0.0425. The van der Waals surface area contributed by atoms with Gasteiger partial charge in [0.25, 0.3) is 0 Å². The fourth-order valence-electron chi connectivity index (χ4n) is 2.08. The highest BCUT2D eigenvalue weighted by Crippen LogP contribution is 2.30. The third kappa shape index (κ3) is 3.15. The Balaban J connectivity index is 2.29. The van der Waals surface area contributed by atoms with E-state index < -0.39 is 0 Å². The molecule has 1 aromatic carbocycles. The molecule has 0 radical (unpaired) electrons. The third-order valence-corrected chi connectivity index (χ3v) is 4.36. The van der Waals surface area contributed by atoms with Gasteiger partial charge in [0.2, 0.25) is 6.41 Å². The van der Waals surface area contributed by atoms with Gasteiger partial charge in [-0.2, -0.15) is 0 Å². The number of hydrogen-bond donors (Lipinski definition) is 1. The smallest absolute Gasteiger partial charge is 0.209 e. The summed E-state index contributed by atoms with van der Waals surface area (Å²) in [5, 5.41) is 2.11. The van der Waals surface area contributed by atoms with Crippen LogP contribution in [0.5, 0.6) is 0 Å². The first-order valence-corrected chi connectivity index (χ1v) is 7.05. The molecule has 0 spiro atoms. The number of benzene rings is 1. The van der Waals surface area contributed by atoms with Gasteiger partial charge in [0, 0.05) is 17.6 Å². The minimum absolute atomic E-state index is 0.0425. The number of rotatable bonds is 5. The first-order valence-electron chi connectivity index (χ1n) is 6.17. The number of likely N-dealkylation sites (N-methyl/N-ethyl adjacent to an activating group) is 1. The van der Waals surface area contributed by atoms with Crippen LogP contribution in [0.2, 0.25) is 0 Å².